The van der Waals surface area contributed by atoms with Crippen molar-refractivity contribution in [1.29, 1.82) is 0 Å². The van der Waals surface area contributed by atoms with Crippen molar-refractivity contribution in [3.05, 3.63) is 0 Å². The second-order valence-electron chi connectivity index (χ2n) is 3.84. The van der Waals surface area contributed by atoms with Gasteiger partial charge < -0.3 is 0 Å². The molecule has 2 aliphatic heterocycles. The number of hydrogen-bond donors (Lipinski definition) is 0. The average molecular weight is 152 g/mol. The first-order valence-electron chi connectivity index (χ1n) is 4.49. The molecule has 0 aromatic carbocycles. The number of hydrogen-bond acceptors (Lipinski definition) is 2. The lowest BCUT2D eigenvalue weighted by Crippen LogP contribution is -2.46. The van der Waals surface area contributed by atoms with Gasteiger partial charge in [0.05, 0.1) is 0 Å². The first kappa shape index (κ1) is 7.29. The second-order valence-corrected chi connectivity index (χ2v) is 3.84. The summed E-state index contributed by atoms with van der Waals surface area (Å²) in [6.07, 6.45) is 6.50. The summed E-state index contributed by atoms with van der Waals surface area (Å²) in [5.41, 5.74) is 0.142. The zero-order chi connectivity index (χ0) is 7.90. The summed E-state index contributed by atoms with van der Waals surface area (Å²) in [7, 11) is 2.20. The molecule has 11 heavy (non-hydrogen) atoms. The van der Waals surface area contributed by atoms with E-state index < -0.39 is 0 Å². The topological polar surface area (TPSA) is 15.6 Å². The van der Waals surface area contributed by atoms with Crippen LogP contribution in [0.1, 0.15) is 32.1 Å². The summed E-state index contributed by atoms with van der Waals surface area (Å²) in [5.74, 6) is 0. The van der Waals surface area contributed by atoms with E-state index in [1.54, 1.807) is 0 Å². The van der Waals surface area contributed by atoms with Crippen LogP contribution in [0, 0.1) is 0 Å². The molecule has 0 aromatic heterocycles. The van der Waals surface area contributed by atoms with E-state index in [1.807, 2.05) is 0 Å². The summed E-state index contributed by atoms with van der Waals surface area (Å²) in [6.45, 7) is 3.71. The fourth-order valence-corrected chi connectivity index (χ4v) is 2.64. The first-order valence-corrected chi connectivity index (χ1v) is 4.49. The predicted molar refractivity (Wildman–Crippen MR) is 46.9 cm³/mol. The highest BCUT2D eigenvalue weighted by atomic mass is 15.3. The van der Waals surface area contributed by atoms with Gasteiger partial charge in [0.25, 0.3) is 0 Å². The molecule has 2 unspecified atom stereocenters. The van der Waals surface area contributed by atoms with E-state index in [2.05, 4.69) is 23.7 Å². The zero-order valence-corrected chi connectivity index (χ0v) is 7.21. The van der Waals surface area contributed by atoms with Crippen molar-refractivity contribution in [1.82, 2.24) is 4.90 Å². The van der Waals surface area contributed by atoms with Crippen LogP contribution in [0.15, 0.2) is 4.99 Å². The molecule has 0 saturated carbocycles. The maximum Gasteiger partial charge on any atom is 0.112 e. The van der Waals surface area contributed by atoms with Gasteiger partial charge in [0.2, 0.25) is 0 Å². The van der Waals surface area contributed by atoms with Crippen LogP contribution >= 0.6 is 0 Å². The molecular formula is C9H16N2. The van der Waals surface area contributed by atoms with Gasteiger partial charge in [-0.2, -0.15) is 0 Å². The maximum absolute atomic E-state index is 4.30. The minimum Gasteiger partial charge on any atom is -0.280 e. The first-order chi connectivity index (χ1) is 5.28. The molecule has 2 heteroatoms. The van der Waals surface area contributed by atoms with E-state index in [4.69, 9.17) is 0 Å². The van der Waals surface area contributed by atoms with Crippen molar-refractivity contribution in [2.24, 2.45) is 4.99 Å². The number of fused-ring (bicyclic) bond motifs is 2. The van der Waals surface area contributed by atoms with E-state index >= 15 is 0 Å². The zero-order valence-electron chi connectivity index (χ0n) is 7.21. The third-order valence-corrected chi connectivity index (χ3v) is 3.49. The van der Waals surface area contributed by atoms with E-state index in [9.17, 15) is 0 Å². The van der Waals surface area contributed by atoms with Crippen molar-refractivity contribution in [3.63, 3.8) is 0 Å². The van der Waals surface area contributed by atoms with Crippen molar-refractivity contribution in [2.75, 3.05) is 7.05 Å². The molecule has 2 fully saturated rings. The fraction of sp³-hybridized carbons (Fsp3) is 0.889. The van der Waals surface area contributed by atoms with E-state index in [1.165, 1.54) is 32.1 Å². The van der Waals surface area contributed by atoms with Crippen LogP contribution in [-0.4, -0.2) is 30.4 Å². The van der Waals surface area contributed by atoms with Crippen molar-refractivity contribution >= 4 is 6.72 Å². The summed E-state index contributed by atoms with van der Waals surface area (Å²) < 4.78 is 0. The molecule has 0 radical (unpaired) electrons. The monoisotopic (exact) mass is 152 g/mol. The molecule has 2 nitrogen and oxygen atoms in total. The molecule has 2 aliphatic rings. The van der Waals surface area contributed by atoms with Gasteiger partial charge in [0.15, 0.2) is 0 Å². The van der Waals surface area contributed by atoms with E-state index in [-0.39, 0.29) is 5.66 Å². The Bertz CT molecular complexity index is 174. The van der Waals surface area contributed by atoms with Gasteiger partial charge in [-0.25, -0.2) is 0 Å². The lowest BCUT2D eigenvalue weighted by Gasteiger charge is -2.39. The van der Waals surface area contributed by atoms with Gasteiger partial charge in [0.1, 0.15) is 5.66 Å². The normalized spacial score (nSPS) is 44.3. The Morgan fingerprint density at radius 3 is 2.91 bits per heavy atom. The summed E-state index contributed by atoms with van der Waals surface area (Å²) in [5, 5.41) is 0. The Balaban J connectivity index is 2.26. The number of aliphatic imine (C=N–C) groups is 1. The van der Waals surface area contributed by atoms with Gasteiger partial charge in [-0.1, -0.05) is 0 Å². The predicted octanol–water partition coefficient (Wildman–Crippen LogP) is 1.66. The van der Waals surface area contributed by atoms with E-state index in [0.29, 0.717) is 0 Å². The van der Waals surface area contributed by atoms with Crippen LogP contribution in [0.4, 0.5) is 0 Å². The van der Waals surface area contributed by atoms with Gasteiger partial charge in [-0.3, -0.25) is 9.89 Å². The number of rotatable bonds is 1. The minimum atomic E-state index is 0.142. The summed E-state index contributed by atoms with van der Waals surface area (Å²) in [6, 6.07) is 0.800. The smallest absolute Gasteiger partial charge is 0.112 e. The van der Waals surface area contributed by atoms with Crippen LogP contribution in [0.3, 0.4) is 0 Å². The van der Waals surface area contributed by atoms with Crippen LogP contribution in [0.25, 0.3) is 0 Å². The Kier molecular flexibility index (Phi) is 1.53. The molecular weight excluding hydrogens is 136 g/mol. The van der Waals surface area contributed by atoms with E-state index in [0.717, 1.165) is 6.04 Å². The van der Waals surface area contributed by atoms with Crippen LogP contribution in [-0.2, 0) is 0 Å². The van der Waals surface area contributed by atoms with Crippen LogP contribution < -0.4 is 0 Å². The molecule has 2 atom stereocenters. The Morgan fingerprint density at radius 2 is 2.27 bits per heavy atom. The third kappa shape index (κ3) is 0.853. The molecule has 0 spiro atoms. The second kappa shape index (κ2) is 2.31. The molecule has 0 aliphatic carbocycles. The molecule has 2 saturated heterocycles. The molecule has 62 valence electrons. The standard InChI is InChI=1S/C9H16N2/c1-10-9-6-3-4-8(5-7-9)11(9)2/h8H,1,3-7H2,2H3. The van der Waals surface area contributed by atoms with Gasteiger partial charge >= 0.3 is 0 Å². The largest absolute Gasteiger partial charge is 0.280 e. The van der Waals surface area contributed by atoms with Crippen molar-refractivity contribution in [2.45, 2.75) is 43.8 Å². The Labute approximate surface area is 68.3 Å². The highest BCUT2D eigenvalue weighted by molar-refractivity contribution is 5.27. The number of piperidine rings is 1. The lowest BCUT2D eigenvalue weighted by molar-refractivity contribution is 0.0908. The molecule has 2 rings (SSSR count). The van der Waals surface area contributed by atoms with Crippen LogP contribution in [0.2, 0.25) is 0 Å². The summed E-state index contributed by atoms with van der Waals surface area (Å²) >= 11 is 0. The Hall–Kier alpha value is -0.370. The van der Waals surface area contributed by atoms with Gasteiger partial charge in [0, 0.05) is 6.04 Å². The number of nitrogens with zero attached hydrogens (tertiary/aromatic N) is 2. The molecule has 0 aromatic rings. The lowest BCUT2D eigenvalue weighted by atomic mass is 9.98. The van der Waals surface area contributed by atoms with Crippen LogP contribution in [0.5, 0.6) is 0 Å². The fourth-order valence-electron chi connectivity index (χ4n) is 2.64. The highest BCUT2D eigenvalue weighted by Gasteiger charge is 2.45. The SMILES string of the molecule is C=NC12CCCC(CC1)N2C. The van der Waals surface area contributed by atoms with Gasteiger partial charge in [-0.05, 0) is 45.9 Å². The highest BCUT2D eigenvalue weighted by Crippen LogP contribution is 2.43. The third-order valence-electron chi connectivity index (χ3n) is 3.49. The van der Waals surface area contributed by atoms with Gasteiger partial charge in [-0.15, -0.1) is 0 Å². The molecule has 0 N–H and O–H groups in total. The molecule has 2 bridgehead atoms. The minimum absolute atomic E-state index is 0.142. The molecule has 0 amide bonds. The summed E-state index contributed by atoms with van der Waals surface area (Å²) in [4.78, 5) is 6.73. The quantitative estimate of drug-likeness (QED) is 0.522. The maximum atomic E-state index is 4.30. The Morgan fingerprint density at radius 1 is 1.45 bits per heavy atom. The molecule has 2 heterocycles. The van der Waals surface area contributed by atoms with Crippen molar-refractivity contribution in [3.8, 4) is 0 Å². The van der Waals surface area contributed by atoms with Crippen molar-refractivity contribution < 1.29 is 0 Å². The average Bonchev–Trinajstić information content (AvgIpc) is 2.25.